The molecule has 1 saturated heterocycles. The zero-order valence-corrected chi connectivity index (χ0v) is 7.27. The van der Waals surface area contributed by atoms with Gasteiger partial charge in [-0.1, -0.05) is 6.92 Å². The Bertz CT molecular complexity index is 142. The van der Waals surface area contributed by atoms with Gasteiger partial charge < -0.3 is 20.6 Å². The van der Waals surface area contributed by atoms with Crippen LogP contribution in [0.1, 0.15) is 13.3 Å². The standard InChI is InChI=1S/C8H17NO3/c1-5-2-7(11)8(12)3-9-6(5)4-10/h5-12H,2-4H2,1H3/t5-,6+,7+,8-/m1/s1. The predicted octanol–water partition coefficient (Wildman–Crippen LogP) is -1.30. The first-order valence-electron chi connectivity index (χ1n) is 4.35. The number of hydrogen-bond acceptors (Lipinski definition) is 4. The van der Waals surface area contributed by atoms with Gasteiger partial charge in [-0.2, -0.15) is 0 Å². The van der Waals surface area contributed by atoms with Gasteiger partial charge in [0, 0.05) is 12.6 Å². The molecule has 0 saturated carbocycles. The molecule has 0 bridgehead atoms. The molecule has 0 aromatic heterocycles. The van der Waals surface area contributed by atoms with E-state index in [2.05, 4.69) is 5.32 Å². The summed E-state index contributed by atoms with van der Waals surface area (Å²) >= 11 is 0. The van der Waals surface area contributed by atoms with Gasteiger partial charge in [-0.3, -0.25) is 0 Å². The van der Waals surface area contributed by atoms with Gasteiger partial charge in [0.2, 0.25) is 0 Å². The van der Waals surface area contributed by atoms with Crippen molar-refractivity contribution in [2.75, 3.05) is 13.2 Å². The van der Waals surface area contributed by atoms with Crippen LogP contribution in [0, 0.1) is 5.92 Å². The molecule has 0 aromatic rings. The molecule has 0 aliphatic carbocycles. The average molecular weight is 175 g/mol. The smallest absolute Gasteiger partial charge is 0.0923 e. The maximum absolute atomic E-state index is 9.37. The second-order valence-electron chi connectivity index (χ2n) is 3.54. The highest BCUT2D eigenvalue weighted by atomic mass is 16.3. The number of aliphatic hydroxyl groups is 3. The van der Waals surface area contributed by atoms with E-state index in [1.807, 2.05) is 6.92 Å². The zero-order valence-electron chi connectivity index (χ0n) is 7.27. The summed E-state index contributed by atoms with van der Waals surface area (Å²) in [6, 6.07) is -0.00296. The molecule has 4 N–H and O–H groups in total. The van der Waals surface area contributed by atoms with E-state index in [1.54, 1.807) is 0 Å². The number of aliphatic hydroxyl groups excluding tert-OH is 3. The lowest BCUT2D eigenvalue weighted by molar-refractivity contribution is 0.0180. The molecule has 12 heavy (non-hydrogen) atoms. The van der Waals surface area contributed by atoms with Gasteiger partial charge in [0.1, 0.15) is 0 Å². The molecule has 0 unspecified atom stereocenters. The first kappa shape index (κ1) is 9.92. The van der Waals surface area contributed by atoms with Crippen molar-refractivity contribution in [3.05, 3.63) is 0 Å². The highest BCUT2D eigenvalue weighted by molar-refractivity contribution is 4.84. The van der Waals surface area contributed by atoms with Gasteiger partial charge in [0.25, 0.3) is 0 Å². The predicted molar refractivity (Wildman–Crippen MR) is 44.7 cm³/mol. The fraction of sp³-hybridized carbons (Fsp3) is 1.00. The maximum Gasteiger partial charge on any atom is 0.0923 e. The fourth-order valence-corrected chi connectivity index (χ4v) is 1.56. The molecule has 1 aliphatic heterocycles. The van der Waals surface area contributed by atoms with Crippen molar-refractivity contribution in [1.82, 2.24) is 5.32 Å². The van der Waals surface area contributed by atoms with E-state index in [9.17, 15) is 10.2 Å². The average Bonchev–Trinajstić information content (AvgIpc) is 2.14. The second-order valence-corrected chi connectivity index (χ2v) is 3.54. The molecular weight excluding hydrogens is 158 g/mol. The monoisotopic (exact) mass is 175 g/mol. The topological polar surface area (TPSA) is 72.7 Å². The molecule has 0 aromatic carbocycles. The highest BCUT2D eigenvalue weighted by Gasteiger charge is 2.28. The van der Waals surface area contributed by atoms with Gasteiger partial charge in [-0.25, -0.2) is 0 Å². The summed E-state index contributed by atoms with van der Waals surface area (Å²) in [5.41, 5.74) is 0. The van der Waals surface area contributed by atoms with Crippen LogP contribution in [0.4, 0.5) is 0 Å². The van der Waals surface area contributed by atoms with Crippen molar-refractivity contribution in [1.29, 1.82) is 0 Å². The molecule has 0 amide bonds. The molecule has 4 atom stereocenters. The summed E-state index contributed by atoms with van der Waals surface area (Å²) < 4.78 is 0. The number of β-amino-alcohol motifs (C(OH)–C–C–N with tert-alkyl or cyclic N) is 1. The first-order chi connectivity index (χ1) is 5.65. The van der Waals surface area contributed by atoms with E-state index in [4.69, 9.17) is 5.11 Å². The number of hydrogen-bond donors (Lipinski definition) is 4. The lowest BCUT2D eigenvalue weighted by atomic mass is 9.96. The number of rotatable bonds is 1. The van der Waals surface area contributed by atoms with Gasteiger partial charge in [0.05, 0.1) is 18.8 Å². The van der Waals surface area contributed by atoms with E-state index >= 15 is 0 Å². The molecular formula is C8H17NO3. The van der Waals surface area contributed by atoms with Crippen LogP contribution in [0.3, 0.4) is 0 Å². The number of nitrogens with one attached hydrogen (secondary N) is 1. The maximum atomic E-state index is 9.37. The van der Waals surface area contributed by atoms with Crippen molar-refractivity contribution >= 4 is 0 Å². The van der Waals surface area contributed by atoms with Crippen LogP contribution in [-0.2, 0) is 0 Å². The minimum atomic E-state index is -0.705. The molecule has 4 nitrogen and oxygen atoms in total. The van der Waals surface area contributed by atoms with E-state index in [0.29, 0.717) is 13.0 Å². The molecule has 4 heteroatoms. The molecule has 1 fully saturated rings. The Balaban J connectivity index is 2.53. The van der Waals surface area contributed by atoms with Gasteiger partial charge in [-0.15, -0.1) is 0 Å². The van der Waals surface area contributed by atoms with Crippen LogP contribution in [0.5, 0.6) is 0 Å². The summed E-state index contributed by atoms with van der Waals surface area (Å²) in [5, 5.41) is 30.6. The normalized spacial score (nSPS) is 44.0. The van der Waals surface area contributed by atoms with Gasteiger partial charge in [0.15, 0.2) is 0 Å². The quantitative estimate of drug-likeness (QED) is 0.399. The molecule has 1 heterocycles. The largest absolute Gasteiger partial charge is 0.395 e. The lowest BCUT2D eigenvalue weighted by Gasteiger charge is -2.19. The third-order valence-electron chi connectivity index (χ3n) is 2.53. The molecule has 1 aliphatic rings. The minimum absolute atomic E-state index is 0.00296. The summed E-state index contributed by atoms with van der Waals surface area (Å²) in [5.74, 6) is 0.196. The summed E-state index contributed by atoms with van der Waals surface area (Å²) in [6.45, 7) is 2.37. The Morgan fingerprint density at radius 1 is 1.33 bits per heavy atom. The van der Waals surface area contributed by atoms with Crippen molar-refractivity contribution in [2.45, 2.75) is 31.6 Å². The second kappa shape index (κ2) is 4.18. The Hall–Kier alpha value is -0.160. The fourth-order valence-electron chi connectivity index (χ4n) is 1.56. The Labute approximate surface area is 72.2 Å². The van der Waals surface area contributed by atoms with Crippen LogP contribution >= 0.6 is 0 Å². The van der Waals surface area contributed by atoms with Gasteiger partial charge >= 0.3 is 0 Å². The van der Waals surface area contributed by atoms with Gasteiger partial charge in [-0.05, 0) is 12.3 Å². The van der Waals surface area contributed by atoms with E-state index in [1.165, 1.54) is 0 Å². The Morgan fingerprint density at radius 2 is 2.00 bits per heavy atom. The third-order valence-corrected chi connectivity index (χ3v) is 2.53. The summed E-state index contributed by atoms with van der Waals surface area (Å²) in [4.78, 5) is 0. The molecule has 0 radical (unpaired) electrons. The van der Waals surface area contributed by atoms with Crippen molar-refractivity contribution < 1.29 is 15.3 Å². The van der Waals surface area contributed by atoms with Crippen LogP contribution in [0.15, 0.2) is 0 Å². The van der Waals surface area contributed by atoms with Crippen LogP contribution in [0.25, 0.3) is 0 Å². The molecule has 72 valence electrons. The van der Waals surface area contributed by atoms with E-state index in [-0.39, 0.29) is 18.6 Å². The Morgan fingerprint density at radius 3 is 2.58 bits per heavy atom. The minimum Gasteiger partial charge on any atom is -0.395 e. The third kappa shape index (κ3) is 2.17. The van der Waals surface area contributed by atoms with Crippen LogP contribution in [0.2, 0.25) is 0 Å². The van der Waals surface area contributed by atoms with Crippen LogP contribution < -0.4 is 5.32 Å². The first-order valence-corrected chi connectivity index (χ1v) is 4.35. The van der Waals surface area contributed by atoms with E-state index < -0.39 is 12.2 Å². The highest BCUT2D eigenvalue weighted by Crippen LogP contribution is 2.16. The van der Waals surface area contributed by atoms with Crippen molar-refractivity contribution in [2.24, 2.45) is 5.92 Å². The molecule has 1 rings (SSSR count). The summed E-state index contributed by atoms with van der Waals surface area (Å²) in [6.07, 6.45) is -0.826. The zero-order chi connectivity index (χ0) is 9.14. The Kier molecular flexibility index (Phi) is 3.46. The lowest BCUT2D eigenvalue weighted by Crippen LogP contribution is -2.39. The van der Waals surface area contributed by atoms with Crippen molar-refractivity contribution in [3.8, 4) is 0 Å². The van der Waals surface area contributed by atoms with Crippen LogP contribution in [-0.4, -0.2) is 46.7 Å². The van der Waals surface area contributed by atoms with E-state index in [0.717, 1.165) is 0 Å². The summed E-state index contributed by atoms with van der Waals surface area (Å²) in [7, 11) is 0. The van der Waals surface area contributed by atoms with Crippen molar-refractivity contribution in [3.63, 3.8) is 0 Å². The SMILES string of the molecule is C[C@@H]1C[C@H](O)[C@H](O)CN[C@H]1CO. The molecule has 0 spiro atoms.